The van der Waals surface area contributed by atoms with E-state index in [-0.39, 0.29) is 11.8 Å². The van der Waals surface area contributed by atoms with Crippen molar-refractivity contribution >= 4 is 23.9 Å². The van der Waals surface area contributed by atoms with Crippen LogP contribution < -0.4 is 0 Å². The molecule has 2 heterocycles. The van der Waals surface area contributed by atoms with Crippen molar-refractivity contribution < 1.29 is 28.7 Å². The Kier molecular flexibility index (Phi) is 2.62. The van der Waals surface area contributed by atoms with Crippen LogP contribution in [0.3, 0.4) is 0 Å². The largest absolute Gasteiger partial charge is 0.393 e. The van der Waals surface area contributed by atoms with Crippen LogP contribution >= 0.6 is 0 Å². The predicted molar refractivity (Wildman–Crippen MR) is 77.7 cm³/mol. The molecule has 5 aliphatic rings. The van der Waals surface area contributed by atoms with Gasteiger partial charge in [0.2, 0.25) is 0 Å². The Morgan fingerprint density at radius 2 is 1.42 bits per heavy atom. The van der Waals surface area contributed by atoms with Gasteiger partial charge in [0.15, 0.2) is 0 Å². The minimum Gasteiger partial charge on any atom is -0.393 e. The molecule has 0 bridgehead atoms. The maximum absolute atomic E-state index is 12.2. The standard InChI is InChI=1S/C18H14O6/c19-15-10-6-5-8-9(13(10)17(21)23-15)3-1-7-2-4-11-14(12(7)8)18(22)24-16(11)20/h1-3,5,9-14H,4,6H2. The summed E-state index contributed by atoms with van der Waals surface area (Å²) in [6.45, 7) is 0. The van der Waals surface area contributed by atoms with Crippen molar-refractivity contribution in [3.05, 3.63) is 35.5 Å². The van der Waals surface area contributed by atoms with E-state index in [4.69, 9.17) is 9.47 Å². The first-order valence-corrected chi connectivity index (χ1v) is 8.15. The molecule has 5 rings (SSSR count). The van der Waals surface area contributed by atoms with Gasteiger partial charge in [0.05, 0.1) is 23.7 Å². The van der Waals surface area contributed by atoms with Gasteiger partial charge in [-0.25, -0.2) is 0 Å². The monoisotopic (exact) mass is 326 g/mol. The molecule has 0 spiro atoms. The van der Waals surface area contributed by atoms with Crippen molar-refractivity contribution in [2.24, 2.45) is 35.5 Å². The van der Waals surface area contributed by atoms with E-state index in [1.54, 1.807) is 0 Å². The fraction of sp³-hybridized carbons (Fsp3) is 0.444. The number of cyclic esters (lactones) is 4. The highest BCUT2D eigenvalue weighted by molar-refractivity contribution is 5.99. The van der Waals surface area contributed by atoms with Crippen LogP contribution in [0.4, 0.5) is 0 Å². The van der Waals surface area contributed by atoms with E-state index in [2.05, 4.69) is 0 Å². The van der Waals surface area contributed by atoms with E-state index in [0.29, 0.717) is 12.8 Å². The lowest BCUT2D eigenvalue weighted by molar-refractivity contribution is -0.155. The summed E-state index contributed by atoms with van der Waals surface area (Å²) in [5.41, 5.74) is 1.93. The second kappa shape index (κ2) is 4.53. The minimum atomic E-state index is -0.527. The zero-order chi connectivity index (χ0) is 16.6. The summed E-state index contributed by atoms with van der Waals surface area (Å²) in [5.74, 6) is -4.35. The molecule has 0 aromatic rings. The molecule has 2 saturated heterocycles. The number of fused-ring (bicyclic) bond motifs is 7. The first-order valence-electron chi connectivity index (χ1n) is 8.15. The molecule has 0 aromatic carbocycles. The Morgan fingerprint density at radius 3 is 2.17 bits per heavy atom. The number of ether oxygens (including phenoxy) is 2. The van der Waals surface area contributed by atoms with Crippen LogP contribution in [-0.4, -0.2) is 23.9 Å². The average molecular weight is 326 g/mol. The van der Waals surface area contributed by atoms with Gasteiger partial charge in [-0.05, 0) is 18.4 Å². The molecule has 2 fully saturated rings. The van der Waals surface area contributed by atoms with Crippen LogP contribution in [0, 0.1) is 35.5 Å². The normalized spacial score (nSPS) is 42.3. The number of carbonyl (C=O) groups excluding carboxylic acids is 4. The quantitative estimate of drug-likeness (QED) is 0.376. The third kappa shape index (κ3) is 1.60. The summed E-state index contributed by atoms with van der Waals surface area (Å²) >= 11 is 0. The summed E-state index contributed by atoms with van der Waals surface area (Å²) < 4.78 is 9.67. The number of hydrogen-bond acceptors (Lipinski definition) is 6. The van der Waals surface area contributed by atoms with Gasteiger partial charge in [0.1, 0.15) is 0 Å². The second-order valence-corrected chi connectivity index (χ2v) is 6.99. The molecule has 2 aliphatic heterocycles. The number of allylic oxidation sites excluding steroid dienone is 6. The van der Waals surface area contributed by atoms with Gasteiger partial charge in [-0.2, -0.15) is 0 Å². The number of carbonyl (C=O) groups is 4. The third-order valence-corrected chi connectivity index (χ3v) is 5.98. The Labute approximate surface area is 137 Å². The van der Waals surface area contributed by atoms with E-state index in [9.17, 15) is 19.2 Å². The van der Waals surface area contributed by atoms with Crippen LogP contribution in [-0.2, 0) is 28.7 Å². The van der Waals surface area contributed by atoms with Gasteiger partial charge in [-0.3, -0.25) is 19.2 Å². The Bertz CT molecular complexity index is 800. The summed E-state index contributed by atoms with van der Waals surface area (Å²) in [6, 6.07) is 0. The van der Waals surface area contributed by atoms with Gasteiger partial charge >= 0.3 is 23.9 Å². The zero-order valence-corrected chi connectivity index (χ0v) is 12.6. The van der Waals surface area contributed by atoms with Crippen molar-refractivity contribution in [1.82, 2.24) is 0 Å². The van der Waals surface area contributed by atoms with E-state index in [1.165, 1.54) is 0 Å². The molecule has 6 heteroatoms. The van der Waals surface area contributed by atoms with Gasteiger partial charge in [0.25, 0.3) is 0 Å². The van der Waals surface area contributed by atoms with Gasteiger partial charge in [0, 0.05) is 11.8 Å². The number of rotatable bonds is 0. The molecule has 3 aliphatic carbocycles. The Hall–Kier alpha value is -2.50. The fourth-order valence-electron chi connectivity index (χ4n) is 4.91. The molecule has 0 radical (unpaired) electrons. The highest BCUT2D eigenvalue weighted by atomic mass is 16.6. The van der Waals surface area contributed by atoms with Crippen molar-refractivity contribution in [1.29, 1.82) is 0 Å². The first kappa shape index (κ1) is 13.9. The van der Waals surface area contributed by atoms with Crippen LogP contribution in [0.2, 0.25) is 0 Å². The predicted octanol–water partition coefficient (Wildman–Crippen LogP) is 1.08. The first-order chi connectivity index (χ1) is 11.6. The molecule has 24 heavy (non-hydrogen) atoms. The van der Waals surface area contributed by atoms with Gasteiger partial charge in [-0.15, -0.1) is 0 Å². The molecule has 0 aromatic heterocycles. The summed E-state index contributed by atoms with van der Waals surface area (Å²) in [4.78, 5) is 48.1. The molecule has 6 unspecified atom stereocenters. The highest BCUT2D eigenvalue weighted by Crippen LogP contribution is 2.53. The minimum absolute atomic E-state index is 0.248. The smallest absolute Gasteiger partial charge is 0.318 e. The number of hydrogen-bond donors (Lipinski definition) is 0. The maximum Gasteiger partial charge on any atom is 0.318 e. The van der Waals surface area contributed by atoms with E-state index >= 15 is 0 Å². The molecule has 0 saturated carbocycles. The third-order valence-electron chi connectivity index (χ3n) is 5.98. The van der Waals surface area contributed by atoms with Crippen LogP contribution in [0.15, 0.2) is 35.5 Å². The zero-order valence-electron chi connectivity index (χ0n) is 12.6. The average Bonchev–Trinajstić information content (AvgIpc) is 3.03. The maximum atomic E-state index is 12.2. The number of esters is 4. The van der Waals surface area contributed by atoms with Crippen molar-refractivity contribution in [2.45, 2.75) is 12.8 Å². The van der Waals surface area contributed by atoms with Gasteiger partial charge in [-0.1, -0.05) is 29.9 Å². The van der Waals surface area contributed by atoms with Crippen LogP contribution in [0.25, 0.3) is 0 Å². The van der Waals surface area contributed by atoms with Crippen LogP contribution in [0.1, 0.15) is 12.8 Å². The van der Waals surface area contributed by atoms with Crippen molar-refractivity contribution in [3.8, 4) is 0 Å². The second-order valence-electron chi connectivity index (χ2n) is 6.99. The lowest BCUT2D eigenvalue weighted by atomic mass is 9.59. The molecule has 0 amide bonds. The highest BCUT2D eigenvalue weighted by Gasteiger charge is 2.57. The molecule has 0 N–H and O–H groups in total. The molecule has 6 atom stereocenters. The molecule has 122 valence electrons. The summed E-state index contributed by atoms with van der Waals surface area (Å²) in [6.07, 6.45) is 8.69. The van der Waals surface area contributed by atoms with Gasteiger partial charge < -0.3 is 9.47 Å². The van der Waals surface area contributed by atoms with Crippen LogP contribution in [0.5, 0.6) is 0 Å². The summed E-state index contributed by atoms with van der Waals surface area (Å²) in [5, 5.41) is 0. The van der Waals surface area contributed by atoms with Crippen molar-refractivity contribution in [2.75, 3.05) is 0 Å². The SMILES string of the molecule is O=C1OC(=O)C2C3C=CC4=CCC5C(=O)OC(=O)C5C4C3=CCC12. The lowest BCUT2D eigenvalue weighted by Gasteiger charge is -2.41. The summed E-state index contributed by atoms with van der Waals surface area (Å²) in [7, 11) is 0. The Balaban J connectivity index is 1.61. The molecular weight excluding hydrogens is 312 g/mol. The van der Waals surface area contributed by atoms with E-state index < -0.39 is 47.5 Å². The lowest BCUT2D eigenvalue weighted by Crippen LogP contribution is -2.40. The van der Waals surface area contributed by atoms with Crippen molar-refractivity contribution in [3.63, 3.8) is 0 Å². The van der Waals surface area contributed by atoms with E-state index in [0.717, 1.165) is 11.1 Å². The molecule has 6 nitrogen and oxygen atoms in total. The topological polar surface area (TPSA) is 86.7 Å². The fourth-order valence-corrected chi connectivity index (χ4v) is 4.91. The Morgan fingerprint density at radius 1 is 0.792 bits per heavy atom. The van der Waals surface area contributed by atoms with E-state index in [1.807, 2.05) is 24.3 Å². The molecular formula is C18H14O6.